The van der Waals surface area contributed by atoms with Crippen molar-refractivity contribution >= 4 is 62.0 Å². The van der Waals surface area contributed by atoms with Crippen LogP contribution < -0.4 is 0 Å². The van der Waals surface area contributed by atoms with Gasteiger partial charge in [-0.3, -0.25) is 9.69 Å². The summed E-state index contributed by atoms with van der Waals surface area (Å²) in [6, 6.07) is 18.3. The lowest BCUT2D eigenvalue weighted by atomic mass is 10.1. The summed E-state index contributed by atoms with van der Waals surface area (Å²) in [5.74, 6) is 0.767. The highest BCUT2D eigenvalue weighted by atomic mass is 32.2. The molecule has 1 fully saturated rings. The standard InChI is InChI=1S/C22H15NO2S2/c1-2-23-21(24)19(27-22(23)26)12-17-15-9-5-4-8-14(15)16-11-13-7-3-6-10-18(13)25-20(16)17/h3-12H,2H2,1H3/b19-12+. The van der Waals surface area contributed by atoms with Crippen molar-refractivity contribution in [2.24, 2.45) is 0 Å². The van der Waals surface area contributed by atoms with Crippen molar-refractivity contribution in [2.45, 2.75) is 6.92 Å². The summed E-state index contributed by atoms with van der Waals surface area (Å²) in [6.07, 6.45) is 1.93. The van der Waals surface area contributed by atoms with Gasteiger partial charge in [0.2, 0.25) is 0 Å². The van der Waals surface area contributed by atoms with E-state index in [1.807, 2.05) is 49.4 Å². The summed E-state index contributed by atoms with van der Waals surface area (Å²) in [5.41, 5.74) is 2.82. The normalized spacial score (nSPS) is 16.5. The smallest absolute Gasteiger partial charge is 0.266 e. The molecule has 3 aliphatic rings. The molecule has 5 rings (SSSR count). The number of nitrogens with zero attached hydrogens (tertiary/aromatic N) is 1. The van der Waals surface area contributed by atoms with Crippen LogP contribution in [-0.4, -0.2) is 21.7 Å². The van der Waals surface area contributed by atoms with Gasteiger partial charge in [-0.15, -0.1) is 0 Å². The first-order valence-corrected chi connectivity index (χ1v) is 9.98. The molecule has 1 aliphatic carbocycles. The van der Waals surface area contributed by atoms with Crippen LogP contribution in [0.5, 0.6) is 0 Å². The van der Waals surface area contributed by atoms with Gasteiger partial charge >= 0.3 is 0 Å². The van der Waals surface area contributed by atoms with Gasteiger partial charge in [-0.05, 0) is 35.9 Å². The van der Waals surface area contributed by atoms with Gasteiger partial charge < -0.3 is 4.42 Å². The van der Waals surface area contributed by atoms with Gasteiger partial charge in [-0.2, -0.15) is 0 Å². The van der Waals surface area contributed by atoms with Crippen LogP contribution in [0.2, 0.25) is 0 Å². The zero-order valence-electron chi connectivity index (χ0n) is 14.6. The molecule has 2 aromatic rings. The number of rotatable bonds is 2. The summed E-state index contributed by atoms with van der Waals surface area (Å²) in [6.45, 7) is 2.52. The average molecular weight is 390 g/mol. The van der Waals surface area contributed by atoms with Crippen molar-refractivity contribution in [1.82, 2.24) is 4.90 Å². The summed E-state index contributed by atoms with van der Waals surface area (Å²) in [4.78, 5) is 14.9. The van der Waals surface area contributed by atoms with E-state index in [4.69, 9.17) is 16.6 Å². The Balaban J connectivity index is 1.81. The first-order valence-electron chi connectivity index (χ1n) is 8.75. The van der Waals surface area contributed by atoms with Crippen LogP contribution in [0.25, 0.3) is 39.1 Å². The first-order chi connectivity index (χ1) is 13.2. The Morgan fingerprint density at radius 1 is 1.11 bits per heavy atom. The van der Waals surface area contributed by atoms with Crippen molar-refractivity contribution in [3.63, 3.8) is 0 Å². The molecule has 0 N–H and O–H groups in total. The van der Waals surface area contributed by atoms with Gasteiger partial charge in [0.25, 0.3) is 5.91 Å². The molecule has 2 heterocycles. The maximum Gasteiger partial charge on any atom is 0.266 e. The SMILES string of the molecule is CCN1C(=O)/C(=C\c2c3oc4ccccc4cc-3c3ccccc23)SC1=S. The number of carbonyl (C=O) groups is 1. The molecule has 132 valence electrons. The second kappa shape index (κ2) is 6.22. The Bertz CT molecular complexity index is 1240. The van der Waals surface area contributed by atoms with E-state index in [-0.39, 0.29) is 5.91 Å². The van der Waals surface area contributed by atoms with Crippen LogP contribution in [0, 0.1) is 0 Å². The Morgan fingerprint density at radius 2 is 1.85 bits per heavy atom. The van der Waals surface area contributed by atoms with Crippen LogP contribution in [-0.2, 0) is 4.79 Å². The highest BCUT2D eigenvalue weighted by molar-refractivity contribution is 8.26. The van der Waals surface area contributed by atoms with Crippen molar-refractivity contribution in [3.05, 3.63) is 65.1 Å². The fourth-order valence-electron chi connectivity index (χ4n) is 3.60. The highest BCUT2D eigenvalue weighted by Crippen LogP contribution is 2.44. The molecule has 0 atom stereocenters. The maximum atomic E-state index is 12.7. The first kappa shape index (κ1) is 16.5. The van der Waals surface area contributed by atoms with E-state index in [2.05, 4.69) is 18.2 Å². The third-order valence-corrected chi connectivity index (χ3v) is 6.27. The lowest BCUT2D eigenvalue weighted by molar-refractivity contribution is -0.121. The Labute approximate surface area is 166 Å². The van der Waals surface area contributed by atoms with Gasteiger partial charge in [-0.25, -0.2) is 0 Å². The molecule has 27 heavy (non-hydrogen) atoms. The third-order valence-electron chi connectivity index (χ3n) is 4.89. The number of thiocarbonyl (C=S) groups is 1. The molecule has 0 unspecified atom stereocenters. The second-order valence-corrected chi connectivity index (χ2v) is 8.09. The van der Waals surface area contributed by atoms with Crippen molar-refractivity contribution in [2.75, 3.05) is 6.54 Å². The Hall–Kier alpha value is -2.63. The van der Waals surface area contributed by atoms with Gasteiger partial charge in [0, 0.05) is 23.1 Å². The predicted octanol–water partition coefficient (Wildman–Crippen LogP) is 5.91. The van der Waals surface area contributed by atoms with Gasteiger partial charge in [0.05, 0.1) is 4.91 Å². The van der Waals surface area contributed by atoms with Crippen molar-refractivity contribution < 1.29 is 9.21 Å². The van der Waals surface area contributed by atoms with E-state index in [1.165, 1.54) is 11.8 Å². The van der Waals surface area contributed by atoms with Gasteiger partial charge in [-0.1, -0.05) is 66.4 Å². The monoisotopic (exact) mass is 389 g/mol. The molecule has 5 heteroatoms. The van der Waals surface area contributed by atoms with Crippen molar-refractivity contribution in [1.29, 1.82) is 0 Å². The molecule has 0 bridgehead atoms. The number of hydrogen-bond donors (Lipinski definition) is 0. The summed E-state index contributed by atoms with van der Waals surface area (Å²) >= 11 is 6.70. The molecule has 1 saturated heterocycles. The summed E-state index contributed by atoms with van der Waals surface area (Å²) in [7, 11) is 0. The Morgan fingerprint density at radius 3 is 2.63 bits per heavy atom. The molecular formula is C22H15NO2S2. The molecule has 0 radical (unpaired) electrons. The molecule has 3 nitrogen and oxygen atoms in total. The fourth-order valence-corrected chi connectivity index (χ4v) is 4.97. The minimum absolute atomic E-state index is 0.0354. The fraction of sp³-hybridized carbons (Fsp3) is 0.0909. The van der Waals surface area contributed by atoms with Crippen LogP contribution >= 0.6 is 24.0 Å². The molecule has 0 spiro atoms. The van der Waals surface area contributed by atoms with Gasteiger partial charge in [0.15, 0.2) is 0 Å². The number of hydrogen-bond acceptors (Lipinski definition) is 4. The minimum Gasteiger partial charge on any atom is -0.455 e. The number of amides is 1. The number of benzene rings is 2. The lowest BCUT2D eigenvalue weighted by Crippen LogP contribution is -2.27. The van der Waals surface area contributed by atoms with E-state index >= 15 is 0 Å². The Kier molecular flexibility index (Phi) is 3.81. The minimum atomic E-state index is -0.0354. The molecule has 0 aromatic heterocycles. The van der Waals surface area contributed by atoms with E-state index < -0.39 is 0 Å². The molecule has 2 aliphatic heterocycles. The molecule has 0 saturated carbocycles. The number of para-hydroxylation sites is 1. The number of carbonyl (C=O) groups excluding carboxylic acids is 1. The zero-order valence-corrected chi connectivity index (χ0v) is 16.2. The predicted molar refractivity (Wildman–Crippen MR) is 116 cm³/mol. The van der Waals surface area contributed by atoms with Crippen LogP contribution in [0.15, 0.2) is 63.9 Å². The number of fused-ring (bicyclic) bond motifs is 4. The largest absolute Gasteiger partial charge is 0.455 e. The van der Waals surface area contributed by atoms with Gasteiger partial charge in [0.1, 0.15) is 15.7 Å². The van der Waals surface area contributed by atoms with E-state index in [9.17, 15) is 4.79 Å². The number of thioether (sulfide) groups is 1. The van der Waals surface area contributed by atoms with Crippen molar-refractivity contribution in [3.8, 4) is 11.3 Å². The summed E-state index contributed by atoms with van der Waals surface area (Å²) in [5, 5.41) is 3.26. The highest BCUT2D eigenvalue weighted by Gasteiger charge is 2.31. The molecular weight excluding hydrogens is 374 g/mol. The molecule has 1 amide bonds. The van der Waals surface area contributed by atoms with E-state index in [1.54, 1.807) is 4.90 Å². The third kappa shape index (κ3) is 2.50. The average Bonchev–Trinajstić information content (AvgIpc) is 3.14. The van der Waals surface area contributed by atoms with Crippen LogP contribution in [0.4, 0.5) is 0 Å². The zero-order chi connectivity index (χ0) is 18.5. The lowest BCUT2D eigenvalue weighted by Gasteiger charge is -2.09. The van der Waals surface area contributed by atoms with Crippen LogP contribution in [0.1, 0.15) is 12.5 Å². The quantitative estimate of drug-likeness (QED) is 0.315. The summed E-state index contributed by atoms with van der Waals surface area (Å²) < 4.78 is 6.88. The topological polar surface area (TPSA) is 33.5 Å². The number of likely N-dealkylation sites (N-methyl/N-ethyl adjacent to an activating group) is 1. The van der Waals surface area contributed by atoms with E-state index in [0.29, 0.717) is 15.8 Å². The second-order valence-electron chi connectivity index (χ2n) is 6.41. The molecule has 2 aromatic carbocycles. The van der Waals surface area contributed by atoms with E-state index in [0.717, 1.165) is 38.6 Å². The van der Waals surface area contributed by atoms with Crippen LogP contribution in [0.3, 0.4) is 0 Å². The maximum absolute atomic E-state index is 12.7.